The van der Waals surface area contributed by atoms with Crippen LogP contribution < -0.4 is 0 Å². The summed E-state index contributed by atoms with van der Waals surface area (Å²) in [7, 11) is 0. The van der Waals surface area contributed by atoms with Crippen molar-refractivity contribution in [3.8, 4) is 0 Å². The topological polar surface area (TPSA) is 17.1 Å². The second-order valence-corrected chi connectivity index (χ2v) is 3.37. The first-order valence-electron chi connectivity index (χ1n) is 3.59. The van der Waals surface area contributed by atoms with Crippen LogP contribution >= 0.6 is 11.6 Å². The minimum absolute atomic E-state index is 0.0439. The average Bonchev–Trinajstić information content (AvgIpc) is 2.01. The first-order chi connectivity index (χ1) is 6.27. The molecule has 78 valence electrons. The molecule has 0 bridgehead atoms. The number of aldehydes is 1. The van der Waals surface area contributed by atoms with Gasteiger partial charge < -0.3 is 4.79 Å². The summed E-state index contributed by atoms with van der Waals surface area (Å²) in [5, 5.41) is -2.56. The Morgan fingerprint density at radius 1 is 1.50 bits per heavy atom. The molecule has 0 aromatic rings. The first-order valence-corrected chi connectivity index (χ1v) is 3.96. The van der Waals surface area contributed by atoms with Crippen LogP contribution in [0.25, 0.3) is 0 Å². The number of hydrogen-bond acceptors (Lipinski definition) is 1. The Kier molecular flexibility index (Phi) is 2.71. The average molecular weight is 229 g/mol. The zero-order chi connectivity index (χ0) is 11.0. The van der Waals surface area contributed by atoms with E-state index in [0.29, 0.717) is 18.2 Å². The molecule has 1 aliphatic carbocycles. The number of carbonyl (C=O) groups is 1. The number of halogens is 5. The molecule has 0 radical (unpaired) electrons. The van der Waals surface area contributed by atoms with E-state index in [-0.39, 0.29) is 6.29 Å². The summed E-state index contributed by atoms with van der Waals surface area (Å²) in [6, 6.07) is 0. The highest BCUT2D eigenvalue weighted by Crippen LogP contribution is 2.38. The predicted octanol–water partition coefficient (Wildman–Crippen LogP) is 2.76. The van der Waals surface area contributed by atoms with Gasteiger partial charge in [0.05, 0.1) is 11.5 Å². The van der Waals surface area contributed by atoms with E-state index in [0.717, 1.165) is 0 Å². The van der Waals surface area contributed by atoms with Crippen molar-refractivity contribution in [3.05, 3.63) is 23.8 Å². The maximum Gasteiger partial charge on any atom is 0.416 e. The number of rotatable bonds is 1. The first kappa shape index (κ1) is 11.2. The van der Waals surface area contributed by atoms with E-state index in [4.69, 9.17) is 11.6 Å². The lowest BCUT2D eigenvalue weighted by molar-refractivity contribution is -0.111. The Labute approximate surface area is 82.0 Å². The second kappa shape index (κ2) is 3.38. The molecule has 0 aromatic heterocycles. The summed E-state index contributed by atoms with van der Waals surface area (Å²) < 4.78 is 49.4. The summed E-state index contributed by atoms with van der Waals surface area (Å²) in [5.41, 5.74) is -1.07. The van der Waals surface area contributed by atoms with Crippen molar-refractivity contribution in [2.45, 2.75) is 11.3 Å². The molecule has 0 aliphatic heterocycles. The smallest absolute Gasteiger partial charge is 0.303 e. The van der Waals surface area contributed by atoms with Crippen molar-refractivity contribution >= 4 is 17.9 Å². The van der Waals surface area contributed by atoms with Gasteiger partial charge in [0.15, 0.2) is 0 Å². The maximum atomic E-state index is 13.1. The highest BCUT2D eigenvalue weighted by molar-refractivity contribution is 6.25. The van der Waals surface area contributed by atoms with Gasteiger partial charge in [-0.15, -0.1) is 0 Å². The molecule has 0 aromatic carbocycles. The Hall–Kier alpha value is -0.840. The molecule has 6 heteroatoms. The van der Waals surface area contributed by atoms with Crippen molar-refractivity contribution in [1.82, 2.24) is 0 Å². The van der Waals surface area contributed by atoms with Gasteiger partial charge in [0, 0.05) is 0 Å². The van der Waals surface area contributed by atoms with Crippen LogP contribution in [0.2, 0.25) is 0 Å². The Bertz CT molecular complexity index is 303. The fraction of sp³-hybridized carbons (Fsp3) is 0.375. The van der Waals surface area contributed by atoms with Crippen molar-refractivity contribution in [1.29, 1.82) is 0 Å². The molecule has 0 heterocycles. The molecular formula is C8H5ClF4O. The Morgan fingerprint density at radius 2 is 2.07 bits per heavy atom. The summed E-state index contributed by atoms with van der Waals surface area (Å²) in [6.07, 6.45) is -3.03. The van der Waals surface area contributed by atoms with E-state index < -0.39 is 22.8 Å². The van der Waals surface area contributed by atoms with Crippen LogP contribution in [0.15, 0.2) is 23.8 Å². The van der Waals surface area contributed by atoms with Crippen LogP contribution in [-0.4, -0.2) is 17.6 Å². The van der Waals surface area contributed by atoms with Crippen molar-refractivity contribution < 1.29 is 22.4 Å². The normalized spacial score (nSPS) is 32.6. The number of alkyl halides is 5. The molecular weight excluding hydrogens is 224 g/mol. The minimum Gasteiger partial charge on any atom is -0.303 e. The number of allylic oxidation sites excluding steroid dienone is 4. The van der Waals surface area contributed by atoms with Crippen LogP contribution in [0.1, 0.15) is 0 Å². The van der Waals surface area contributed by atoms with Gasteiger partial charge in [-0.3, -0.25) is 0 Å². The molecule has 1 rings (SSSR count). The molecule has 0 saturated carbocycles. The summed E-state index contributed by atoms with van der Waals surface area (Å²) >= 11 is 5.16. The highest BCUT2D eigenvalue weighted by Gasteiger charge is 2.41. The van der Waals surface area contributed by atoms with Gasteiger partial charge in [0.1, 0.15) is 6.29 Å². The molecule has 2 unspecified atom stereocenters. The van der Waals surface area contributed by atoms with Gasteiger partial charge in [0.25, 0.3) is 0 Å². The molecule has 0 N–H and O–H groups in total. The van der Waals surface area contributed by atoms with Crippen molar-refractivity contribution in [2.24, 2.45) is 5.92 Å². The van der Waals surface area contributed by atoms with Crippen LogP contribution in [0.5, 0.6) is 0 Å². The lowest BCUT2D eigenvalue weighted by Gasteiger charge is -2.23. The third-order valence-electron chi connectivity index (χ3n) is 1.76. The van der Waals surface area contributed by atoms with Crippen molar-refractivity contribution in [2.75, 3.05) is 0 Å². The molecule has 0 spiro atoms. The van der Waals surface area contributed by atoms with Crippen LogP contribution in [0.4, 0.5) is 17.6 Å². The van der Waals surface area contributed by atoms with Gasteiger partial charge in [-0.05, 0) is 12.2 Å². The van der Waals surface area contributed by atoms with E-state index in [1.54, 1.807) is 0 Å². The monoisotopic (exact) mass is 228 g/mol. The molecule has 0 fully saturated rings. The number of hydrogen-bond donors (Lipinski definition) is 0. The lowest BCUT2D eigenvalue weighted by Crippen LogP contribution is -2.29. The highest BCUT2D eigenvalue weighted by atomic mass is 35.5. The van der Waals surface area contributed by atoms with Gasteiger partial charge in [0.2, 0.25) is 5.13 Å². The summed E-state index contributed by atoms with van der Waals surface area (Å²) in [5.74, 6) is -1.61. The van der Waals surface area contributed by atoms with Crippen LogP contribution in [0.3, 0.4) is 0 Å². The van der Waals surface area contributed by atoms with E-state index in [9.17, 15) is 22.4 Å². The third kappa shape index (κ3) is 2.15. The maximum absolute atomic E-state index is 13.1. The molecule has 0 amide bonds. The fourth-order valence-corrected chi connectivity index (χ4v) is 1.17. The molecule has 2 atom stereocenters. The molecule has 1 nitrogen and oxygen atoms in total. The summed E-state index contributed by atoms with van der Waals surface area (Å²) in [6.45, 7) is 0. The van der Waals surface area contributed by atoms with Gasteiger partial charge >= 0.3 is 6.18 Å². The molecule has 0 saturated heterocycles. The Balaban J connectivity index is 3.02. The largest absolute Gasteiger partial charge is 0.416 e. The second-order valence-electron chi connectivity index (χ2n) is 2.79. The molecule has 1 aliphatic rings. The predicted molar refractivity (Wildman–Crippen MR) is 42.5 cm³/mol. The minimum atomic E-state index is -4.59. The number of carbonyl (C=O) groups excluding carboxylic acids is 1. The standard InChI is InChI=1S/C8H5ClF4O/c9-7(10)2-1-5(8(11,12)13)3-6(7)4-14/h1-4,6H. The SMILES string of the molecule is O=CC1C=C(C(F)(F)F)C=CC1(F)Cl. The molecule has 14 heavy (non-hydrogen) atoms. The van der Waals surface area contributed by atoms with Crippen LogP contribution in [-0.2, 0) is 4.79 Å². The van der Waals surface area contributed by atoms with E-state index in [1.807, 2.05) is 0 Å². The van der Waals surface area contributed by atoms with E-state index in [1.165, 1.54) is 0 Å². The van der Waals surface area contributed by atoms with E-state index >= 15 is 0 Å². The van der Waals surface area contributed by atoms with Gasteiger partial charge in [-0.1, -0.05) is 17.7 Å². The quantitative estimate of drug-likeness (QED) is 0.383. The zero-order valence-electron chi connectivity index (χ0n) is 6.68. The van der Waals surface area contributed by atoms with Crippen molar-refractivity contribution in [3.63, 3.8) is 0 Å². The van der Waals surface area contributed by atoms with E-state index in [2.05, 4.69) is 0 Å². The fourth-order valence-electron chi connectivity index (χ4n) is 0.991. The van der Waals surface area contributed by atoms with Crippen LogP contribution in [0, 0.1) is 5.92 Å². The third-order valence-corrected chi connectivity index (χ3v) is 2.14. The lowest BCUT2D eigenvalue weighted by atomic mass is 9.95. The van der Waals surface area contributed by atoms with Gasteiger partial charge in [-0.2, -0.15) is 13.2 Å². The van der Waals surface area contributed by atoms with Gasteiger partial charge in [-0.25, -0.2) is 4.39 Å². The zero-order valence-corrected chi connectivity index (χ0v) is 7.44. The Morgan fingerprint density at radius 3 is 2.50 bits per heavy atom. The summed E-state index contributed by atoms with van der Waals surface area (Å²) in [4.78, 5) is 10.3.